The fourth-order valence-corrected chi connectivity index (χ4v) is 3.65. The molecule has 0 aliphatic carbocycles. The Morgan fingerprint density at radius 3 is 2.52 bits per heavy atom. The zero-order chi connectivity index (χ0) is 21.6. The molecular weight excluding hydrogens is 534 g/mol. The molecule has 0 saturated carbocycles. The van der Waals surface area contributed by atoms with Crippen molar-refractivity contribution in [2.45, 2.75) is 11.3 Å². The van der Waals surface area contributed by atoms with Gasteiger partial charge in [-0.3, -0.25) is 4.99 Å². The Labute approximate surface area is 198 Å². The molecule has 0 spiro atoms. The van der Waals surface area contributed by atoms with Crippen molar-refractivity contribution in [3.8, 4) is 5.75 Å². The van der Waals surface area contributed by atoms with E-state index in [-0.39, 0.29) is 34.7 Å². The molecular formula is C21H26FIN4O3S. The van der Waals surface area contributed by atoms with E-state index in [0.29, 0.717) is 31.4 Å². The Balaban J connectivity index is 0.00000341. The van der Waals surface area contributed by atoms with Crippen molar-refractivity contribution in [2.75, 3.05) is 33.0 Å². The molecule has 0 aliphatic rings. The summed E-state index contributed by atoms with van der Waals surface area (Å²) in [6.45, 7) is 1.59. The van der Waals surface area contributed by atoms with E-state index in [1.807, 2.05) is 6.20 Å². The summed E-state index contributed by atoms with van der Waals surface area (Å²) in [5, 5.41) is 7.41. The van der Waals surface area contributed by atoms with Crippen LogP contribution in [0, 0.1) is 5.82 Å². The number of benzene rings is 2. The number of rotatable bonds is 8. The molecule has 0 bridgehead atoms. The van der Waals surface area contributed by atoms with E-state index >= 15 is 0 Å². The number of fused-ring (bicyclic) bond motifs is 1. The summed E-state index contributed by atoms with van der Waals surface area (Å²) in [6, 6.07) is 11.1. The Morgan fingerprint density at radius 2 is 1.84 bits per heavy atom. The number of aromatic nitrogens is 1. The van der Waals surface area contributed by atoms with E-state index in [1.165, 1.54) is 30.5 Å². The number of aliphatic imine (C=N–C) groups is 1. The molecule has 0 aliphatic heterocycles. The molecule has 3 aromatic rings. The maximum absolute atomic E-state index is 13.3. The van der Waals surface area contributed by atoms with Crippen LogP contribution in [0.3, 0.4) is 0 Å². The molecule has 2 aromatic carbocycles. The number of nitrogens with one attached hydrogen (secondary N) is 3. The van der Waals surface area contributed by atoms with E-state index in [2.05, 4.69) is 20.6 Å². The second-order valence-electron chi connectivity index (χ2n) is 6.77. The molecule has 7 nitrogen and oxygen atoms in total. The average molecular weight is 560 g/mol. The quantitative estimate of drug-likeness (QED) is 0.170. The minimum Gasteiger partial charge on any atom is -0.492 e. The number of halogens is 2. The molecule has 0 atom stereocenters. The van der Waals surface area contributed by atoms with Gasteiger partial charge in [0.1, 0.15) is 18.2 Å². The van der Waals surface area contributed by atoms with Crippen LogP contribution in [0.2, 0.25) is 0 Å². The largest absolute Gasteiger partial charge is 0.492 e. The first kappa shape index (κ1) is 24.9. The summed E-state index contributed by atoms with van der Waals surface area (Å²) >= 11 is 0. The van der Waals surface area contributed by atoms with E-state index in [4.69, 9.17) is 4.74 Å². The van der Waals surface area contributed by atoms with Gasteiger partial charge in [-0.25, -0.2) is 12.8 Å². The molecule has 31 heavy (non-hydrogen) atoms. The van der Waals surface area contributed by atoms with Crippen molar-refractivity contribution in [2.24, 2.45) is 4.99 Å². The molecule has 10 heteroatoms. The molecule has 0 saturated heterocycles. The van der Waals surface area contributed by atoms with Gasteiger partial charge in [-0.1, -0.05) is 0 Å². The van der Waals surface area contributed by atoms with Gasteiger partial charge in [0.25, 0.3) is 0 Å². The van der Waals surface area contributed by atoms with E-state index in [1.54, 1.807) is 25.2 Å². The highest BCUT2D eigenvalue weighted by molar-refractivity contribution is 14.0. The highest BCUT2D eigenvalue weighted by Crippen LogP contribution is 2.19. The fourth-order valence-electron chi connectivity index (χ4n) is 3.02. The van der Waals surface area contributed by atoms with Gasteiger partial charge in [0.2, 0.25) is 0 Å². The van der Waals surface area contributed by atoms with Crippen molar-refractivity contribution in [1.29, 1.82) is 0 Å². The van der Waals surface area contributed by atoms with Crippen molar-refractivity contribution >= 4 is 50.7 Å². The van der Waals surface area contributed by atoms with Crippen LogP contribution in [0.25, 0.3) is 10.9 Å². The number of hydrogen-bond donors (Lipinski definition) is 3. The first-order chi connectivity index (χ1) is 14.4. The van der Waals surface area contributed by atoms with Gasteiger partial charge in [0.15, 0.2) is 15.8 Å². The van der Waals surface area contributed by atoms with Crippen LogP contribution in [0.15, 0.2) is 58.5 Å². The number of hydrogen-bond acceptors (Lipinski definition) is 4. The summed E-state index contributed by atoms with van der Waals surface area (Å²) in [5.74, 6) is 0.993. The molecule has 168 valence electrons. The topological polar surface area (TPSA) is 95.6 Å². The summed E-state index contributed by atoms with van der Waals surface area (Å²) in [4.78, 5) is 7.53. The number of nitrogens with zero attached hydrogens (tertiary/aromatic N) is 1. The number of guanidine groups is 1. The van der Waals surface area contributed by atoms with Crippen molar-refractivity contribution in [1.82, 2.24) is 15.6 Å². The van der Waals surface area contributed by atoms with Crippen LogP contribution >= 0.6 is 24.0 Å². The van der Waals surface area contributed by atoms with Gasteiger partial charge in [-0.15, -0.1) is 24.0 Å². The summed E-state index contributed by atoms with van der Waals surface area (Å²) in [6.07, 6.45) is 3.82. The lowest BCUT2D eigenvalue weighted by molar-refractivity contribution is 0.321. The first-order valence-corrected chi connectivity index (χ1v) is 11.4. The lowest BCUT2D eigenvalue weighted by Gasteiger charge is -2.12. The van der Waals surface area contributed by atoms with Crippen molar-refractivity contribution in [3.05, 3.63) is 60.0 Å². The Bertz CT molecular complexity index is 1130. The van der Waals surface area contributed by atoms with Gasteiger partial charge < -0.3 is 20.4 Å². The highest BCUT2D eigenvalue weighted by atomic mass is 127. The maximum atomic E-state index is 13.3. The molecule has 0 amide bonds. The van der Waals surface area contributed by atoms with Crippen LogP contribution in [-0.2, 0) is 16.3 Å². The number of H-pyrrole nitrogens is 1. The van der Waals surface area contributed by atoms with Crippen LogP contribution < -0.4 is 15.4 Å². The smallest absolute Gasteiger partial charge is 0.191 e. The van der Waals surface area contributed by atoms with E-state index in [0.717, 1.165) is 22.9 Å². The third kappa shape index (κ3) is 7.10. The number of ether oxygens (including phenoxy) is 1. The minimum atomic E-state index is -3.21. The van der Waals surface area contributed by atoms with Gasteiger partial charge in [-0.05, 0) is 54.4 Å². The highest BCUT2D eigenvalue weighted by Gasteiger charge is 2.07. The first-order valence-electron chi connectivity index (χ1n) is 9.50. The molecule has 3 rings (SSSR count). The molecule has 0 radical (unpaired) electrons. The molecule has 1 aromatic heterocycles. The van der Waals surface area contributed by atoms with Crippen molar-refractivity contribution in [3.63, 3.8) is 0 Å². The monoisotopic (exact) mass is 560 g/mol. The summed E-state index contributed by atoms with van der Waals surface area (Å²) in [7, 11) is -1.52. The Morgan fingerprint density at radius 1 is 1.13 bits per heavy atom. The standard InChI is InChI=1S/C21H25FN4O3S.HI/c1-23-21(24-10-9-15-14-26-20-13-16(22)3-8-19(15)20)25-11-12-29-17-4-6-18(7-5-17)30(2,27)28;/h3-8,13-14,26H,9-12H2,1-2H3,(H2,23,24,25);1H. The molecule has 1 heterocycles. The number of sulfone groups is 1. The zero-order valence-corrected chi connectivity index (χ0v) is 20.5. The van der Waals surface area contributed by atoms with Crippen LogP contribution in [0.4, 0.5) is 4.39 Å². The molecule has 0 unspecified atom stereocenters. The third-order valence-corrected chi connectivity index (χ3v) is 5.68. The van der Waals surface area contributed by atoms with Gasteiger partial charge in [-0.2, -0.15) is 0 Å². The van der Waals surface area contributed by atoms with Crippen molar-refractivity contribution < 1.29 is 17.5 Å². The van der Waals surface area contributed by atoms with Crippen LogP contribution in [-0.4, -0.2) is 52.4 Å². The molecule has 3 N–H and O–H groups in total. The minimum absolute atomic E-state index is 0. The third-order valence-electron chi connectivity index (χ3n) is 4.55. The van der Waals surface area contributed by atoms with Crippen LogP contribution in [0.1, 0.15) is 5.56 Å². The number of aromatic amines is 1. The fraction of sp³-hybridized carbons (Fsp3) is 0.286. The van der Waals surface area contributed by atoms with Crippen LogP contribution in [0.5, 0.6) is 5.75 Å². The predicted octanol–water partition coefficient (Wildman–Crippen LogP) is 3.12. The van der Waals surface area contributed by atoms with Gasteiger partial charge in [0, 0.05) is 36.9 Å². The van der Waals surface area contributed by atoms with E-state index in [9.17, 15) is 12.8 Å². The zero-order valence-electron chi connectivity index (χ0n) is 17.3. The predicted molar refractivity (Wildman–Crippen MR) is 132 cm³/mol. The van der Waals surface area contributed by atoms with Gasteiger partial charge >= 0.3 is 0 Å². The lowest BCUT2D eigenvalue weighted by atomic mass is 10.1. The second-order valence-corrected chi connectivity index (χ2v) is 8.79. The summed E-state index contributed by atoms with van der Waals surface area (Å²) in [5.41, 5.74) is 1.89. The SMILES string of the molecule is CN=C(NCCOc1ccc(S(C)(=O)=O)cc1)NCCc1c[nH]c2cc(F)ccc12.I. The maximum Gasteiger partial charge on any atom is 0.191 e. The normalized spacial score (nSPS) is 11.8. The lowest BCUT2D eigenvalue weighted by Crippen LogP contribution is -2.40. The Hall–Kier alpha value is -2.34. The van der Waals surface area contributed by atoms with E-state index < -0.39 is 9.84 Å². The average Bonchev–Trinajstić information content (AvgIpc) is 3.11. The van der Waals surface area contributed by atoms with Gasteiger partial charge in [0.05, 0.1) is 11.4 Å². The Kier molecular flexibility index (Phi) is 9.11. The second kappa shape index (κ2) is 11.3. The summed E-state index contributed by atoms with van der Waals surface area (Å²) < 4.78 is 41.8. The molecule has 0 fully saturated rings.